The smallest absolute Gasteiger partial charge is 0.781 e. The van der Waals surface area contributed by atoms with E-state index in [9.17, 15) is 18.9 Å². The molecule has 0 aliphatic heterocycles. The Balaban J connectivity index is -0.0000000625. The van der Waals surface area contributed by atoms with Crippen LogP contribution in [-0.2, 0) is 18.2 Å². The average molecular weight is 305 g/mol. The quantitative estimate of drug-likeness (QED) is 0.291. The molecule has 0 heterocycles. The third-order valence-corrected chi connectivity index (χ3v) is 1.69. The second-order valence-electron chi connectivity index (χ2n) is 1.01. The summed E-state index contributed by atoms with van der Waals surface area (Å²) in [4.78, 5) is 18.7. The van der Waals surface area contributed by atoms with Gasteiger partial charge in [-0.25, -0.2) is 0 Å². The maximum Gasteiger partial charge on any atom is 1.00 e. The fourth-order valence-corrected chi connectivity index (χ4v) is 0.802. The SMILES string of the molecule is O=[PH]([O-])OCCl.O=[PH]([O-])OCCl.[Na+].[Na+]. The van der Waals surface area contributed by atoms with E-state index < -0.39 is 16.5 Å². The summed E-state index contributed by atoms with van der Waals surface area (Å²) in [5.41, 5.74) is 0. The molecule has 2 atom stereocenters. The third kappa shape index (κ3) is 36.4. The topological polar surface area (TPSA) is 98.7 Å². The van der Waals surface area contributed by atoms with Crippen molar-refractivity contribution in [3.05, 3.63) is 0 Å². The molecule has 6 nitrogen and oxygen atoms in total. The van der Waals surface area contributed by atoms with Crippen molar-refractivity contribution in [1.82, 2.24) is 0 Å². The average Bonchev–Trinajstić information content (AvgIpc) is 1.87. The Morgan fingerprint density at radius 3 is 1.14 bits per heavy atom. The number of rotatable bonds is 4. The van der Waals surface area contributed by atoms with Crippen LogP contribution in [0.4, 0.5) is 0 Å². The van der Waals surface area contributed by atoms with Crippen LogP contribution in [-0.4, -0.2) is 12.1 Å². The first-order valence-electron chi connectivity index (χ1n) is 2.34. The molecule has 2 unspecified atom stereocenters. The van der Waals surface area contributed by atoms with Gasteiger partial charge in [0.05, 0.1) is 0 Å². The van der Waals surface area contributed by atoms with Gasteiger partial charge in [0.2, 0.25) is 0 Å². The first kappa shape index (κ1) is 25.7. The number of halogens is 2. The monoisotopic (exact) mass is 304 g/mol. The van der Waals surface area contributed by atoms with Gasteiger partial charge in [-0.05, 0) is 0 Å². The second kappa shape index (κ2) is 21.2. The molecule has 12 heteroatoms. The Bertz CT molecular complexity index is 134. The van der Waals surface area contributed by atoms with Gasteiger partial charge in [-0.2, -0.15) is 0 Å². The molecule has 0 aromatic heterocycles. The van der Waals surface area contributed by atoms with Crippen LogP contribution < -0.4 is 68.9 Å². The van der Waals surface area contributed by atoms with Gasteiger partial charge in [0.1, 0.15) is 28.6 Å². The normalized spacial score (nSPS) is 12.3. The standard InChI is InChI=1S/2CH4ClO3P.2Na/c2*2-1-5-6(3)4;;/h2*6H,1H2,(H,3,4);;/q;;2*+1/p-2. The van der Waals surface area contributed by atoms with E-state index in [1.807, 2.05) is 0 Å². The molecule has 0 saturated heterocycles. The molecule has 0 saturated carbocycles. The first-order valence-corrected chi connectivity index (χ1v) is 5.86. The van der Waals surface area contributed by atoms with Crippen molar-refractivity contribution in [3.63, 3.8) is 0 Å². The Kier molecular flexibility index (Phi) is 38.8. The third-order valence-electron chi connectivity index (χ3n) is 0.345. The minimum atomic E-state index is -3.02. The summed E-state index contributed by atoms with van der Waals surface area (Å²) in [5, 5.41) is 0. The Labute approximate surface area is 137 Å². The van der Waals surface area contributed by atoms with Gasteiger partial charge in [0, 0.05) is 0 Å². The Morgan fingerprint density at radius 2 is 1.14 bits per heavy atom. The fourth-order valence-electron chi connectivity index (χ4n) is 0.0891. The molecular formula is C2H6Cl2Na2O6P2. The molecule has 0 aromatic rings. The van der Waals surface area contributed by atoms with Crippen LogP contribution in [0.2, 0.25) is 0 Å². The van der Waals surface area contributed by atoms with Crippen LogP contribution in [0.3, 0.4) is 0 Å². The van der Waals surface area contributed by atoms with E-state index in [4.69, 9.17) is 23.2 Å². The molecule has 0 spiro atoms. The van der Waals surface area contributed by atoms with Gasteiger partial charge in [-0.15, -0.1) is 0 Å². The molecule has 0 N–H and O–H groups in total. The molecule has 0 aliphatic rings. The van der Waals surface area contributed by atoms with E-state index in [0.717, 1.165) is 0 Å². The van der Waals surface area contributed by atoms with Crippen LogP contribution in [0.25, 0.3) is 0 Å². The van der Waals surface area contributed by atoms with Crippen LogP contribution in [0.15, 0.2) is 0 Å². The van der Waals surface area contributed by atoms with E-state index in [1.54, 1.807) is 0 Å². The van der Waals surface area contributed by atoms with Crippen molar-refractivity contribution in [2.24, 2.45) is 0 Å². The summed E-state index contributed by atoms with van der Waals surface area (Å²) in [7, 11) is -6.03. The molecular weight excluding hydrogens is 299 g/mol. The van der Waals surface area contributed by atoms with Crippen LogP contribution >= 0.6 is 39.7 Å². The zero-order chi connectivity index (χ0) is 9.98. The van der Waals surface area contributed by atoms with E-state index in [-0.39, 0.29) is 71.2 Å². The van der Waals surface area contributed by atoms with Crippen LogP contribution in [0.1, 0.15) is 0 Å². The van der Waals surface area contributed by atoms with E-state index >= 15 is 0 Å². The van der Waals surface area contributed by atoms with Crippen molar-refractivity contribution in [1.29, 1.82) is 0 Å². The summed E-state index contributed by atoms with van der Waals surface area (Å²) in [6.07, 6.45) is 0. The minimum Gasteiger partial charge on any atom is -0.781 e. The summed E-state index contributed by atoms with van der Waals surface area (Å²) < 4.78 is 26.3. The first-order chi connectivity index (χ1) is 5.54. The van der Waals surface area contributed by atoms with Gasteiger partial charge in [0.25, 0.3) is 0 Å². The zero-order valence-corrected chi connectivity index (χ0v) is 15.1. The van der Waals surface area contributed by atoms with Gasteiger partial charge in [-0.1, -0.05) is 23.2 Å². The molecule has 0 aliphatic carbocycles. The molecule has 0 fully saturated rings. The van der Waals surface area contributed by atoms with Crippen LogP contribution in [0, 0.1) is 0 Å². The van der Waals surface area contributed by atoms with Crippen molar-refractivity contribution in [2.75, 3.05) is 12.1 Å². The minimum absolute atomic E-state index is 0. The van der Waals surface area contributed by atoms with E-state index in [1.165, 1.54) is 0 Å². The van der Waals surface area contributed by atoms with Crippen molar-refractivity contribution in [2.45, 2.75) is 0 Å². The fraction of sp³-hybridized carbons (Fsp3) is 1.00. The van der Waals surface area contributed by atoms with Crippen molar-refractivity contribution in [3.8, 4) is 0 Å². The number of alkyl halides is 2. The van der Waals surface area contributed by atoms with Crippen molar-refractivity contribution >= 4 is 39.7 Å². The molecule has 0 radical (unpaired) electrons. The summed E-state index contributed by atoms with van der Waals surface area (Å²) >= 11 is 9.60. The Hall–Kier alpha value is 2.88. The number of hydrogen-bond acceptors (Lipinski definition) is 6. The largest absolute Gasteiger partial charge is 1.00 e. The van der Waals surface area contributed by atoms with E-state index in [0.29, 0.717) is 0 Å². The summed E-state index contributed by atoms with van der Waals surface area (Å²) in [6, 6.07) is -0.553. The summed E-state index contributed by atoms with van der Waals surface area (Å²) in [5.74, 6) is 0. The van der Waals surface area contributed by atoms with Gasteiger partial charge in [0.15, 0.2) is 0 Å². The zero-order valence-electron chi connectivity index (χ0n) is 7.62. The molecule has 0 bridgehead atoms. The predicted octanol–water partition coefficient (Wildman–Crippen LogP) is -6.09. The molecule has 76 valence electrons. The van der Waals surface area contributed by atoms with Gasteiger partial charge >= 0.3 is 59.1 Å². The molecule has 0 amide bonds. The number of hydrogen-bond donors (Lipinski definition) is 0. The van der Waals surface area contributed by atoms with Crippen LogP contribution in [0.5, 0.6) is 0 Å². The Morgan fingerprint density at radius 1 is 0.929 bits per heavy atom. The van der Waals surface area contributed by atoms with Crippen molar-refractivity contribution < 1.29 is 87.1 Å². The van der Waals surface area contributed by atoms with Gasteiger partial charge in [-0.3, -0.25) is 0 Å². The second-order valence-corrected chi connectivity index (χ2v) is 3.02. The molecule has 0 aromatic carbocycles. The molecule has 0 rings (SSSR count). The maximum absolute atomic E-state index is 9.37. The van der Waals surface area contributed by atoms with Gasteiger partial charge < -0.3 is 28.0 Å². The summed E-state index contributed by atoms with van der Waals surface area (Å²) in [6.45, 7) is 0. The predicted molar refractivity (Wildman–Crippen MR) is 41.6 cm³/mol. The molecule has 14 heavy (non-hydrogen) atoms. The maximum atomic E-state index is 9.37. The van der Waals surface area contributed by atoms with E-state index in [2.05, 4.69) is 9.05 Å².